The molecule has 0 aliphatic carbocycles. The van der Waals surface area contributed by atoms with Gasteiger partial charge in [0.05, 0.1) is 27.7 Å². The highest BCUT2D eigenvalue weighted by atomic mass is 127. The summed E-state index contributed by atoms with van der Waals surface area (Å²) >= 11 is 3.14. The van der Waals surface area contributed by atoms with Crippen LogP contribution in [-0.2, 0) is 10.8 Å². The molecule has 0 atom stereocenters. The van der Waals surface area contributed by atoms with E-state index in [-0.39, 0.29) is 16.9 Å². The molecule has 0 aromatic heterocycles. The van der Waals surface area contributed by atoms with Gasteiger partial charge in [-0.2, -0.15) is 0 Å². The summed E-state index contributed by atoms with van der Waals surface area (Å²) in [5, 5.41) is 0. The predicted octanol–water partition coefficient (Wildman–Crippen LogP) is 4.62. The van der Waals surface area contributed by atoms with E-state index in [0.717, 1.165) is 12.1 Å². The number of halogens is 6. The molecule has 0 fully saturated rings. The van der Waals surface area contributed by atoms with E-state index in [1.165, 1.54) is 0 Å². The van der Waals surface area contributed by atoms with Crippen molar-refractivity contribution in [1.82, 2.24) is 0 Å². The first-order valence-corrected chi connectivity index (χ1v) is 8.33. The Balaban J connectivity index is 2.64. The van der Waals surface area contributed by atoms with Gasteiger partial charge in [0.2, 0.25) is 0 Å². The van der Waals surface area contributed by atoms with Crippen molar-refractivity contribution in [2.45, 2.75) is 9.79 Å². The molecular formula is C12H4F4I2OS. The summed E-state index contributed by atoms with van der Waals surface area (Å²) in [4.78, 5) is -0.322. The second kappa shape index (κ2) is 6.26. The molecule has 0 N–H and O–H groups in total. The van der Waals surface area contributed by atoms with E-state index < -0.39 is 34.1 Å². The fourth-order valence-corrected chi connectivity index (χ4v) is 4.47. The topological polar surface area (TPSA) is 17.1 Å². The van der Waals surface area contributed by atoms with Crippen molar-refractivity contribution >= 4 is 56.0 Å². The molecule has 0 saturated carbocycles. The van der Waals surface area contributed by atoms with Crippen molar-refractivity contribution in [3.63, 3.8) is 0 Å². The Hall–Kier alpha value is -0.230. The molecule has 0 aliphatic heterocycles. The first-order chi connectivity index (χ1) is 9.31. The first kappa shape index (κ1) is 16.1. The SMILES string of the molecule is O=S(c1cc(F)cc(F)c1I)c1cc(F)cc(F)c1I. The quantitative estimate of drug-likeness (QED) is 0.318. The van der Waals surface area contributed by atoms with Gasteiger partial charge in [0.25, 0.3) is 0 Å². The smallest absolute Gasteiger partial charge is 0.140 e. The van der Waals surface area contributed by atoms with Crippen molar-refractivity contribution in [3.8, 4) is 0 Å². The Morgan fingerprint density at radius 2 is 1.10 bits per heavy atom. The summed E-state index contributed by atoms with van der Waals surface area (Å²) in [6.45, 7) is 0. The van der Waals surface area contributed by atoms with Gasteiger partial charge in [-0.1, -0.05) is 0 Å². The zero-order valence-corrected chi connectivity index (χ0v) is 14.5. The van der Waals surface area contributed by atoms with Crippen molar-refractivity contribution < 1.29 is 21.8 Å². The normalized spacial score (nSPS) is 11.2. The van der Waals surface area contributed by atoms with Gasteiger partial charge in [-0.3, -0.25) is 0 Å². The second-order valence-electron chi connectivity index (χ2n) is 3.67. The van der Waals surface area contributed by atoms with E-state index in [1.54, 1.807) is 45.2 Å². The van der Waals surface area contributed by atoms with Gasteiger partial charge in [0.1, 0.15) is 23.3 Å². The average Bonchev–Trinajstić information content (AvgIpc) is 2.37. The maximum Gasteiger partial charge on any atom is 0.140 e. The third-order valence-corrected chi connectivity index (χ3v) is 6.69. The number of rotatable bonds is 2. The molecule has 0 spiro atoms. The summed E-state index contributed by atoms with van der Waals surface area (Å²) < 4.78 is 65.5. The zero-order valence-electron chi connectivity index (χ0n) is 9.39. The molecule has 20 heavy (non-hydrogen) atoms. The molecule has 1 nitrogen and oxygen atoms in total. The van der Waals surface area contributed by atoms with Crippen LogP contribution >= 0.6 is 45.2 Å². The zero-order chi connectivity index (χ0) is 15.0. The maximum atomic E-state index is 13.4. The van der Waals surface area contributed by atoms with E-state index in [0.29, 0.717) is 12.1 Å². The number of benzene rings is 2. The second-order valence-corrected chi connectivity index (χ2v) is 7.24. The lowest BCUT2D eigenvalue weighted by Gasteiger charge is -2.09. The Labute approximate surface area is 141 Å². The van der Waals surface area contributed by atoms with Crippen molar-refractivity contribution in [1.29, 1.82) is 0 Å². The minimum Gasteiger partial charge on any atom is -0.249 e. The molecular weight excluding hydrogens is 522 g/mol. The standard InChI is InChI=1S/C12H4F4I2OS/c13-5-1-7(15)11(17)9(3-5)20(19)10-4-6(14)2-8(16)12(10)18/h1-4H. The van der Waals surface area contributed by atoms with Crippen LogP contribution in [0.3, 0.4) is 0 Å². The Morgan fingerprint density at radius 3 is 1.45 bits per heavy atom. The van der Waals surface area contributed by atoms with E-state index >= 15 is 0 Å². The van der Waals surface area contributed by atoms with Gasteiger partial charge < -0.3 is 0 Å². The minimum absolute atomic E-state index is 0.0530. The van der Waals surface area contributed by atoms with Crippen LogP contribution in [0.15, 0.2) is 34.1 Å². The lowest BCUT2D eigenvalue weighted by atomic mass is 10.3. The maximum absolute atomic E-state index is 13.4. The molecule has 0 bridgehead atoms. The summed E-state index contributed by atoms with van der Waals surface area (Å²) in [6.07, 6.45) is 0. The molecule has 0 unspecified atom stereocenters. The van der Waals surface area contributed by atoms with Crippen LogP contribution in [-0.4, -0.2) is 4.21 Å². The van der Waals surface area contributed by atoms with E-state index in [9.17, 15) is 21.8 Å². The van der Waals surface area contributed by atoms with Crippen LogP contribution in [0.1, 0.15) is 0 Å². The summed E-state index contributed by atoms with van der Waals surface area (Å²) in [7, 11) is -2.09. The van der Waals surface area contributed by atoms with Gasteiger partial charge in [0.15, 0.2) is 0 Å². The molecule has 2 aromatic rings. The van der Waals surface area contributed by atoms with Crippen LogP contribution in [0.4, 0.5) is 17.6 Å². The molecule has 0 saturated heterocycles. The van der Waals surface area contributed by atoms with E-state index in [1.807, 2.05) is 0 Å². The van der Waals surface area contributed by atoms with Crippen molar-refractivity contribution in [2.24, 2.45) is 0 Å². The molecule has 2 rings (SSSR count). The van der Waals surface area contributed by atoms with Crippen LogP contribution in [0, 0.1) is 30.4 Å². The fourth-order valence-electron chi connectivity index (χ4n) is 1.45. The van der Waals surface area contributed by atoms with Gasteiger partial charge in [-0.25, -0.2) is 21.8 Å². The summed E-state index contributed by atoms with van der Waals surface area (Å²) in [5.41, 5.74) is 0. The molecule has 0 aliphatic rings. The van der Waals surface area contributed by atoms with Gasteiger partial charge in [-0.05, 0) is 57.3 Å². The largest absolute Gasteiger partial charge is 0.249 e. The van der Waals surface area contributed by atoms with Gasteiger partial charge in [-0.15, -0.1) is 0 Å². The number of hydrogen-bond donors (Lipinski definition) is 0. The third kappa shape index (κ3) is 3.16. The van der Waals surface area contributed by atoms with Crippen molar-refractivity contribution in [3.05, 3.63) is 54.7 Å². The first-order valence-electron chi connectivity index (χ1n) is 5.02. The highest BCUT2D eigenvalue weighted by Gasteiger charge is 2.20. The van der Waals surface area contributed by atoms with E-state index in [2.05, 4.69) is 0 Å². The minimum atomic E-state index is -2.09. The lowest BCUT2D eigenvalue weighted by Crippen LogP contribution is -2.03. The molecule has 106 valence electrons. The summed E-state index contributed by atoms with van der Waals surface area (Å²) in [6, 6.07) is 3.08. The Morgan fingerprint density at radius 1 is 0.750 bits per heavy atom. The molecule has 0 radical (unpaired) electrons. The van der Waals surface area contributed by atoms with Gasteiger partial charge in [0, 0.05) is 12.1 Å². The molecule has 2 aromatic carbocycles. The van der Waals surface area contributed by atoms with Crippen LogP contribution in [0.2, 0.25) is 0 Å². The monoisotopic (exact) mass is 526 g/mol. The number of hydrogen-bond acceptors (Lipinski definition) is 1. The van der Waals surface area contributed by atoms with Crippen LogP contribution in [0.25, 0.3) is 0 Å². The van der Waals surface area contributed by atoms with Crippen LogP contribution < -0.4 is 0 Å². The average molecular weight is 526 g/mol. The highest BCUT2D eigenvalue weighted by Crippen LogP contribution is 2.29. The van der Waals surface area contributed by atoms with Crippen molar-refractivity contribution in [2.75, 3.05) is 0 Å². The molecule has 0 heterocycles. The van der Waals surface area contributed by atoms with Gasteiger partial charge >= 0.3 is 0 Å². The highest BCUT2D eigenvalue weighted by molar-refractivity contribution is 14.1. The fraction of sp³-hybridized carbons (Fsp3) is 0. The lowest BCUT2D eigenvalue weighted by molar-refractivity contribution is 0.567. The summed E-state index contributed by atoms with van der Waals surface area (Å²) in [5.74, 6) is -3.56. The Kier molecular flexibility index (Phi) is 5.05. The Bertz CT molecular complexity index is 662. The van der Waals surface area contributed by atoms with Crippen LogP contribution in [0.5, 0.6) is 0 Å². The molecule has 0 amide bonds. The predicted molar refractivity (Wildman–Crippen MR) is 82.8 cm³/mol. The molecule has 8 heteroatoms. The van der Waals surface area contributed by atoms with E-state index in [4.69, 9.17) is 0 Å². The third-order valence-electron chi connectivity index (χ3n) is 2.32.